The van der Waals surface area contributed by atoms with Crippen molar-refractivity contribution in [1.82, 2.24) is 0 Å². The van der Waals surface area contributed by atoms with E-state index < -0.39 is 0 Å². The zero-order valence-corrected chi connectivity index (χ0v) is 10.3. The Bertz CT molecular complexity index is 386. The highest BCUT2D eigenvalue weighted by Gasteiger charge is 2.75. The van der Waals surface area contributed by atoms with Crippen molar-refractivity contribution in [3.05, 3.63) is 0 Å². The molecule has 2 bridgehead atoms. The summed E-state index contributed by atoms with van der Waals surface area (Å²) >= 11 is 0. The highest BCUT2D eigenvalue weighted by atomic mass is 16.4. The van der Waals surface area contributed by atoms with Gasteiger partial charge in [-0.1, -0.05) is 19.0 Å². The van der Waals surface area contributed by atoms with Gasteiger partial charge in [0.15, 0.2) is 0 Å². The molecule has 88 valence electrons. The largest absolute Gasteiger partial charge is 0.411 e. The van der Waals surface area contributed by atoms with Gasteiger partial charge in [-0.25, -0.2) is 0 Å². The van der Waals surface area contributed by atoms with E-state index in [9.17, 15) is 5.21 Å². The van der Waals surface area contributed by atoms with Gasteiger partial charge in [0.25, 0.3) is 0 Å². The molecule has 1 N–H and O–H groups in total. The molecule has 1 spiro atoms. The van der Waals surface area contributed by atoms with Crippen LogP contribution in [0.25, 0.3) is 0 Å². The van der Waals surface area contributed by atoms with Gasteiger partial charge in [0.05, 0.1) is 5.71 Å². The van der Waals surface area contributed by atoms with E-state index in [4.69, 9.17) is 0 Å². The minimum absolute atomic E-state index is 0.319. The van der Waals surface area contributed by atoms with Gasteiger partial charge in [0.2, 0.25) is 0 Å². The van der Waals surface area contributed by atoms with Crippen LogP contribution < -0.4 is 0 Å². The van der Waals surface area contributed by atoms with E-state index in [0.29, 0.717) is 22.2 Å². The molecule has 4 aliphatic carbocycles. The van der Waals surface area contributed by atoms with Crippen LogP contribution in [0.1, 0.15) is 52.4 Å². The van der Waals surface area contributed by atoms with Crippen LogP contribution in [0, 0.1) is 28.1 Å². The third-order valence-electron chi connectivity index (χ3n) is 6.74. The summed E-state index contributed by atoms with van der Waals surface area (Å²) < 4.78 is 0. The third-order valence-corrected chi connectivity index (χ3v) is 6.74. The molecule has 4 atom stereocenters. The fourth-order valence-corrected chi connectivity index (χ4v) is 5.82. The Hall–Kier alpha value is -0.530. The van der Waals surface area contributed by atoms with Crippen LogP contribution in [0.2, 0.25) is 0 Å². The van der Waals surface area contributed by atoms with Crippen LogP contribution in [0.5, 0.6) is 0 Å². The Kier molecular flexibility index (Phi) is 1.39. The SMILES string of the molecule is CC12CC3(CC1(C)C2)/C(=N\O)[C@@H]1CC[C@H]3C1. The van der Waals surface area contributed by atoms with Crippen LogP contribution in [-0.2, 0) is 0 Å². The lowest BCUT2D eigenvalue weighted by Gasteiger charge is -2.37. The maximum atomic E-state index is 9.37. The Morgan fingerprint density at radius 1 is 1.12 bits per heavy atom. The molecule has 16 heavy (non-hydrogen) atoms. The lowest BCUT2D eigenvalue weighted by molar-refractivity contribution is 0.220. The van der Waals surface area contributed by atoms with Crippen LogP contribution in [0.4, 0.5) is 0 Å². The predicted octanol–water partition coefficient (Wildman–Crippen LogP) is 3.44. The summed E-state index contributed by atoms with van der Waals surface area (Å²) in [5.74, 6) is 1.46. The van der Waals surface area contributed by atoms with Crippen LogP contribution in [-0.4, -0.2) is 10.9 Å². The predicted molar refractivity (Wildman–Crippen MR) is 62.6 cm³/mol. The number of nitrogens with zero attached hydrogens (tertiary/aromatic N) is 1. The van der Waals surface area contributed by atoms with Crippen molar-refractivity contribution in [3.8, 4) is 0 Å². The van der Waals surface area contributed by atoms with Gasteiger partial charge >= 0.3 is 0 Å². The average molecular weight is 219 g/mol. The van der Waals surface area contributed by atoms with Gasteiger partial charge < -0.3 is 5.21 Å². The Balaban J connectivity index is 1.78. The number of hydrogen-bond donors (Lipinski definition) is 1. The summed E-state index contributed by atoms with van der Waals surface area (Å²) in [5, 5.41) is 13.1. The van der Waals surface area contributed by atoms with E-state index in [1.165, 1.54) is 44.2 Å². The first-order chi connectivity index (χ1) is 7.53. The fourth-order valence-electron chi connectivity index (χ4n) is 5.82. The second kappa shape index (κ2) is 2.34. The van der Waals surface area contributed by atoms with Crippen molar-refractivity contribution in [3.63, 3.8) is 0 Å². The molecule has 0 amide bonds. The van der Waals surface area contributed by atoms with E-state index >= 15 is 0 Å². The van der Waals surface area contributed by atoms with Gasteiger partial charge in [-0.2, -0.15) is 0 Å². The van der Waals surface area contributed by atoms with E-state index in [0.717, 1.165) is 5.92 Å². The molecule has 4 saturated carbocycles. The van der Waals surface area contributed by atoms with Crippen LogP contribution in [0.15, 0.2) is 5.16 Å². The number of rotatable bonds is 0. The van der Waals surface area contributed by atoms with Crippen molar-refractivity contribution in [2.24, 2.45) is 33.2 Å². The zero-order valence-electron chi connectivity index (χ0n) is 10.3. The quantitative estimate of drug-likeness (QED) is 0.491. The molecule has 0 radical (unpaired) electrons. The van der Waals surface area contributed by atoms with E-state index in [2.05, 4.69) is 19.0 Å². The standard InChI is InChI=1S/C14H21NO/c1-12-6-13(12,2)8-14(7-12)10-4-3-9(5-10)11(14)15-16/h9-10,16H,3-8H2,1-2H3/b15-11-/t9-,10+,12?,13?,14?/m1/s1. The highest BCUT2D eigenvalue weighted by molar-refractivity contribution is 5.95. The zero-order chi connectivity index (χ0) is 11.2. The lowest BCUT2D eigenvalue weighted by Crippen LogP contribution is -2.36. The normalized spacial score (nSPS) is 64.5. The molecule has 0 heterocycles. The van der Waals surface area contributed by atoms with Crippen LogP contribution in [0.3, 0.4) is 0 Å². The Morgan fingerprint density at radius 2 is 1.81 bits per heavy atom. The number of oxime groups is 1. The molecular weight excluding hydrogens is 198 g/mol. The van der Waals surface area contributed by atoms with Crippen molar-refractivity contribution in [1.29, 1.82) is 0 Å². The van der Waals surface area contributed by atoms with Crippen molar-refractivity contribution < 1.29 is 5.21 Å². The molecular formula is C14H21NO. The molecule has 0 aliphatic heterocycles. The lowest BCUT2D eigenvalue weighted by atomic mass is 9.67. The number of hydrogen-bond acceptors (Lipinski definition) is 2. The first-order valence-electron chi connectivity index (χ1n) is 6.76. The van der Waals surface area contributed by atoms with Gasteiger partial charge in [-0.15, -0.1) is 0 Å². The van der Waals surface area contributed by atoms with Gasteiger partial charge in [0.1, 0.15) is 0 Å². The van der Waals surface area contributed by atoms with E-state index in [1.54, 1.807) is 0 Å². The maximum absolute atomic E-state index is 9.37. The summed E-state index contributed by atoms with van der Waals surface area (Å²) in [6.07, 6.45) is 7.98. The minimum Gasteiger partial charge on any atom is -0.411 e. The molecule has 4 fully saturated rings. The Morgan fingerprint density at radius 3 is 2.44 bits per heavy atom. The van der Waals surface area contributed by atoms with Gasteiger partial charge in [0, 0.05) is 11.3 Å². The molecule has 2 unspecified atom stereocenters. The van der Waals surface area contributed by atoms with Gasteiger partial charge in [-0.3, -0.25) is 0 Å². The summed E-state index contributed by atoms with van der Waals surface area (Å²) in [7, 11) is 0. The smallest absolute Gasteiger partial charge is 0.0666 e. The Labute approximate surface area is 97.1 Å². The molecule has 2 nitrogen and oxygen atoms in total. The summed E-state index contributed by atoms with van der Waals surface area (Å²) in [6, 6.07) is 0. The molecule has 4 rings (SSSR count). The topological polar surface area (TPSA) is 32.6 Å². The summed E-state index contributed by atoms with van der Waals surface area (Å²) in [5.41, 5.74) is 2.64. The first-order valence-corrected chi connectivity index (χ1v) is 6.76. The molecule has 0 aromatic heterocycles. The molecule has 0 saturated heterocycles. The second-order valence-electron chi connectivity index (χ2n) is 7.50. The highest BCUT2D eigenvalue weighted by Crippen LogP contribution is 2.81. The van der Waals surface area contributed by atoms with Gasteiger partial charge in [-0.05, 0) is 55.3 Å². The molecule has 0 aromatic carbocycles. The van der Waals surface area contributed by atoms with Crippen LogP contribution >= 0.6 is 0 Å². The monoisotopic (exact) mass is 219 g/mol. The number of fused-ring (bicyclic) bond motifs is 4. The average Bonchev–Trinajstić information content (AvgIpc) is 2.63. The molecule has 2 heteroatoms. The first kappa shape index (κ1) is 9.49. The second-order valence-corrected chi connectivity index (χ2v) is 7.50. The van der Waals surface area contributed by atoms with E-state index in [1.807, 2.05) is 0 Å². The van der Waals surface area contributed by atoms with Crippen molar-refractivity contribution in [2.45, 2.75) is 52.4 Å². The summed E-state index contributed by atoms with van der Waals surface area (Å²) in [4.78, 5) is 0. The summed E-state index contributed by atoms with van der Waals surface area (Å²) in [6.45, 7) is 4.89. The molecule has 4 aliphatic rings. The van der Waals surface area contributed by atoms with Crippen molar-refractivity contribution >= 4 is 5.71 Å². The van der Waals surface area contributed by atoms with Crippen molar-refractivity contribution in [2.75, 3.05) is 0 Å². The van der Waals surface area contributed by atoms with E-state index in [-0.39, 0.29) is 0 Å². The minimum atomic E-state index is 0.319. The fraction of sp³-hybridized carbons (Fsp3) is 0.929. The third kappa shape index (κ3) is 0.791. The maximum Gasteiger partial charge on any atom is 0.0666 e. The molecule has 0 aromatic rings.